The van der Waals surface area contributed by atoms with Crippen LogP contribution in [0.5, 0.6) is 5.75 Å². The first-order valence-corrected chi connectivity index (χ1v) is 7.43. The second-order valence-electron chi connectivity index (χ2n) is 5.67. The maximum Gasteiger partial charge on any atom is 0.245 e. The first-order valence-electron chi connectivity index (χ1n) is 7.43. The second kappa shape index (κ2) is 5.76. The highest BCUT2D eigenvalue weighted by atomic mass is 16.5. The van der Waals surface area contributed by atoms with Gasteiger partial charge in [-0.1, -0.05) is 12.1 Å². The van der Waals surface area contributed by atoms with Crippen LogP contribution in [0.25, 0.3) is 0 Å². The van der Waals surface area contributed by atoms with Crippen molar-refractivity contribution in [3.05, 3.63) is 29.8 Å². The molecule has 0 aromatic heterocycles. The van der Waals surface area contributed by atoms with E-state index in [4.69, 9.17) is 4.74 Å². The van der Waals surface area contributed by atoms with Crippen molar-refractivity contribution in [1.82, 2.24) is 9.80 Å². The van der Waals surface area contributed by atoms with Crippen LogP contribution in [0.1, 0.15) is 18.4 Å². The number of hydrogen-bond donors (Lipinski definition) is 0. The van der Waals surface area contributed by atoms with Crippen LogP contribution in [0.4, 0.5) is 0 Å². The van der Waals surface area contributed by atoms with Crippen molar-refractivity contribution < 1.29 is 14.3 Å². The molecule has 112 valence electrons. The van der Waals surface area contributed by atoms with Crippen molar-refractivity contribution >= 4 is 11.8 Å². The molecule has 2 aliphatic rings. The van der Waals surface area contributed by atoms with Gasteiger partial charge in [-0.15, -0.1) is 0 Å². The molecule has 1 aromatic rings. The monoisotopic (exact) mass is 288 g/mol. The Labute approximate surface area is 124 Å². The van der Waals surface area contributed by atoms with E-state index in [2.05, 4.69) is 0 Å². The lowest BCUT2D eigenvalue weighted by atomic mass is 10.1. The molecule has 0 N–H and O–H groups in total. The number of piperazine rings is 1. The Morgan fingerprint density at radius 3 is 3.00 bits per heavy atom. The lowest BCUT2D eigenvalue weighted by Gasteiger charge is -2.36. The minimum atomic E-state index is -0.231. The van der Waals surface area contributed by atoms with Crippen molar-refractivity contribution in [3.8, 4) is 5.75 Å². The summed E-state index contributed by atoms with van der Waals surface area (Å²) >= 11 is 0. The van der Waals surface area contributed by atoms with Gasteiger partial charge >= 0.3 is 0 Å². The van der Waals surface area contributed by atoms with Crippen LogP contribution in [0.3, 0.4) is 0 Å². The lowest BCUT2D eigenvalue weighted by Crippen LogP contribution is -2.57. The maximum atomic E-state index is 12.3. The third kappa shape index (κ3) is 2.86. The summed E-state index contributed by atoms with van der Waals surface area (Å²) in [5, 5.41) is 0. The van der Waals surface area contributed by atoms with Crippen LogP contribution in [0.15, 0.2) is 24.3 Å². The Bertz CT molecular complexity index is 558. The molecule has 5 nitrogen and oxygen atoms in total. The summed E-state index contributed by atoms with van der Waals surface area (Å²) in [6.45, 7) is 3.79. The number of nitrogens with zero attached hydrogens (tertiary/aromatic N) is 2. The van der Waals surface area contributed by atoms with Crippen LogP contribution in [0.2, 0.25) is 0 Å². The van der Waals surface area contributed by atoms with Crippen molar-refractivity contribution in [2.75, 3.05) is 26.2 Å². The van der Waals surface area contributed by atoms with Gasteiger partial charge in [0.15, 0.2) is 0 Å². The van der Waals surface area contributed by atoms with E-state index in [1.54, 1.807) is 9.80 Å². The Kier molecular flexibility index (Phi) is 3.82. The number of amides is 2. The number of benzene rings is 1. The zero-order chi connectivity index (χ0) is 14.8. The molecule has 1 aromatic carbocycles. The van der Waals surface area contributed by atoms with Crippen LogP contribution in [-0.4, -0.2) is 53.9 Å². The number of rotatable bonds is 4. The quantitative estimate of drug-likeness (QED) is 0.836. The standard InChI is InChI=1S/C16H20N2O3/c1-12-4-2-5-13(10-12)21-9-8-17-11-15(19)18-7-3-6-14(18)16(17)20/h2,4-5,10,14H,3,6-9,11H2,1H3. The van der Waals surface area contributed by atoms with Gasteiger partial charge in [-0.05, 0) is 37.5 Å². The summed E-state index contributed by atoms with van der Waals surface area (Å²) in [4.78, 5) is 27.7. The van der Waals surface area contributed by atoms with Gasteiger partial charge in [0, 0.05) is 6.54 Å². The van der Waals surface area contributed by atoms with E-state index in [0.717, 1.165) is 30.7 Å². The van der Waals surface area contributed by atoms with E-state index in [1.807, 2.05) is 31.2 Å². The average molecular weight is 288 g/mol. The fraction of sp³-hybridized carbons (Fsp3) is 0.500. The Morgan fingerprint density at radius 1 is 1.33 bits per heavy atom. The van der Waals surface area contributed by atoms with Gasteiger partial charge in [-0.3, -0.25) is 9.59 Å². The summed E-state index contributed by atoms with van der Waals surface area (Å²) in [6.07, 6.45) is 1.72. The summed E-state index contributed by atoms with van der Waals surface area (Å²) < 4.78 is 5.67. The molecule has 1 atom stereocenters. The van der Waals surface area contributed by atoms with E-state index in [-0.39, 0.29) is 24.4 Å². The molecule has 5 heteroatoms. The SMILES string of the molecule is Cc1cccc(OCCN2CC(=O)N3CCCC3C2=O)c1. The van der Waals surface area contributed by atoms with E-state index in [9.17, 15) is 9.59 Å². The Morgan fingerprint density at radius 2 is 2.19 bits per heavy atom. The zero-order valence-corrected chi connectivity index (χ0v) is 12.2. The normalized spacial score (nSPS) is 21.7. The summed E-state index contributed by atoms with van der Waals surface area (Å²) in [6, 6.07) is 7.58. The number of carbonyl (C=O) groups excluding carboxylic acids is 2. The van der Waals surface area contributed by atoms with Gasteiger partial charge in [-0.2, -0.15) is 0 Å². The smallest absolute Gasteiger partial charge is 0.245 e. The fourth-order valence-electron chi connectivity index (χ4n) is 3.03. The molecule has 2 aliphatic heterocycles. The molecule has 0 aliphatic carbocycles. The lowest BCUT2D eigenvalue weighted by molar-refractivity contribution is -0.153. The van der Waals surface area contributed by atoms with Crippen LogP contribution in [-0.2, 0) is 9.59 Å². The van der Waals surface area contributed by atoms with Gasteiger partial charge in [0.05, 0.1) is 13.1 Å². The molecule has 0 saturated carbocycles. The Hall–Kier alpha value is -2.04. The molecule has 1 unspecified atom stereocenters. The Balaban J connectivity index is 1.55. The van der Waals surface area contributed by atoms with Gasteiger partial charge < -0.3 is 14.5 Å². The van der Waals surface area contributed by atoms with Gasteiger partial charge in [0.2, 0.25) is 11.8 Å². The number of ether oxygens (including phenoxy) is 1. The van der Waals surface area contributed by atoms with Gasteiger partial charge in [-0.25, -0.2) is 0 Å². The molecule has 2 amide bonds. The molecule has 0 spiro atoms. The minimum Gasteiger partial charge on any atom is -0.492 e. The molecule has 0 bridgehead atoms. The average Bonchev–Trinajstić information content (AvgIpc) is 2.94. The zero-order valence-electron chi connectivity index (χ0n) is 12.2. The molecule has 21 heavy (non-hydrogen) atoms. The second-order valence-corrected chi connectivity index (χ2v) is 5.67. The number of carbonyl (C=O) groups is 2. The maximum absolute atomic E-state index is 12.3. The fourth-order valence-corrected chi connectivity index (χ4v) is 3.03. The van der Waals surface area contributed by atoms with E-state index < -0.39 is 0 Å². The first kappa shape index (κ1) is 13.9. The summed E-state index contributed by atoms with van der Waals surface area (Å²) in [5.74, 6) is 0.931. The van der Waals surface area contributed by atoms with Crippen LogP contribution in [0, 0.1) is 6.92 Å². The number of hydrogen-bond acceptors (Lipinski definition) is 3. The molecular weight excluding hydrogens is 268 g/mol. The highest BCUT2D eigenvalue weighted by Gasteiger charge is 2.41. The van der Waals surface area contributed by atoms with E-state index >= 15 is 0 Å². The molecular formula is C16H20N2O3. The third-order valence-corrected chi connectivity index (χ3v) is 4.12. The highest BCUT2D eigenvalue weighted by molar-refractivity contribution is 5.95. The molecule has 2 saturated heterocycles. The van der Waals surface area contributed by atoms with Crippen molar-refractivity contribution in [2.45, 2.75) is 25.8 Å². The minimum absolute atomic E-state index is 0.0626. The molecule has 0 radical (unpaired) electrons. The van der Waals surface area contributed by atoms with Gasteiger partial charge in [0.1, 0.15) is 18.4 Å². The van der Waals surface area contributed by atoms with Crippen LogP contribution < -0.4 is 4.74 Å². The van der Waals surface area contributed by atoms with E-state index in [1.165, 1.54) is 0 Å². The third-order valence-electron chi connectivity index (χ3n) is 4.12. The molecule has 2 fully saturated rings. The number of aryl methyl sites for hydroxylation is 1. The van der Waals surface area contributed by atoms with E-state index in [0.29, 0.717) is 13.2 Å². The first-order chi connectivity index (χ1) is 10.1. The summed E-state index contributed by atoms with van der Waals surface area (Å²) in [5.41, 5.74) is 1.14. The predicted octanol–water partition coefficient (Wildman–Crippen LogP) is 1.21. The topological polar surface area (TPSA) is 49.9 Å². The predicted molar refractivity (Wildman–Crippen MR) is 78.0 cm³/mol. The van der Waals surface area contributed by atoms with Crippen LogP contribution >= 0.6 is 0 Å². The highest BCUT2D eigenvalue weighted by Crippen LogP contribution is 2.23. The molecule has 2 heterocycles. The molecule has 3 rings (SSSR count). The van der Waals surface area contributed by atoms with Crippen molar-refractivity contribution in [1.29, 1.82) is 0 Å². The largest absolute Gasteiger partial charge is 0.492 e. The summed E-state index contributed by atoms with van der Waals surface area (Å²) in [7, 11) is 0. The number of fused-ring (bicyclic) bond motifs is 1. The van der Waals surface area contributed by atoms with Crippen molar-refractivity contribution in [2.24, 2.45) is 0 Å². The van der Waals surface area contributed by atoms with Crippen molar-refractivity contribution in [3.63, 3.8) is 0 Å². The van der Waals surface area contributed by atoms with Gasteiger partial charge in [0.25, 0.3) is 0 Å².